The van der Waals surface area contributed by atoms with Crippen LogP contribution in [0.15, 0.2) is 24.3 Å². The molecule has 2 N–H and O–H groups in total. The third-order valence-corrected chi connectivity index (χ3v) is 9.61. The third-order valence-electron chi connectivity index (χ3n) is 9.61. The summed E-state index contributed by atoms with van der Waals surface area (Å²) in [6.07, 6.45) is 15.8. The Kier molecular flexibility index (Phi) is 21.0. The van der Waals surface area contributed by atoms with E-state index in [0.717, 1.165) is 89.9 Å². The van der Waals surface area contributed by atoms with E-state index in [0.29, 0.717) is 59.8 Å². The smallest absolute Gasteiger partial charge is 0.339 e. The molecule has 0 aliphatic carbocycles. The van der Waals surface area contributed by atoms with Crippen LogP contribution in [0.1, 0.15) is 197 Å². The maximum atomic E-state index is 14.1. The van der Waals surface area contributed by atoms with Gasteiger partial charge >= 0.3 is 23.9 Å². The summed E-state index contributed by atoms with van der Waals surface area (Å²) in [4.78, 5) is 52.8. The van der Waals surface area contributed by atoms with Gasteiger partial charge in [-0.2, -0.15) is 0 Å². The van der Waals surface area contributed by atoms with E-state index in [4.69, 9.17) is 9.47 Å². The molecule has 0 saturated heterocycles. The highest BCUT2D eigenvalue weighted by molar-refractivity contribution is 6.07. The Balaban J connectivity index is 2.74. The van der Waals surface area contributed by atoms with Crippen molar-refractivity contribution in [3.63, 3.8) is 0 Å². The van der Waals surface area contributed by atoms with E-state index >= 15 is 0 Å². The minimum atomic E-state index is -1.24. The lowest BCUT2D eigenvalue weighted by Crippen LogP contribution is -2.19. The zero-order chi connectivity index (χ0) is 38.5. The highest BCUT2D eigenvalue weighted by Gasteiger charge is 2.29. The molecule has 0 saturated carbocycles. The summed E-state index contributed by atoms with van der Waals surface area (Å²) in [6.45, 7) is 13.3. The zero-order valence-corrected chi connectivity index (χ0v) is 33.0. The van der Waals surface area contributed by atoms with Crippen LogP contribution in [0.5, 0.6) is 0 Å². The van der Waals surface area contributed by atoms with E-state index in [1.807, 2.05) is 6.07 Å². The van der Waals surface area contributed by atoms with Crippen LogP contribution < -0.4 is 0 Å². The van der Waals surface area contributed by atoms with Gasteiger partial charge in [-0.25, -0.2) is 19.2 Å². The van der Waals surface area contributed by atoms with Crippen molar-refractivity contribution < 1.29 is 38.9 Å². The second-order valence-corrected chi connectivity index (χ2v) is 15.1. The summed E-state index contributed by atoms with van der Waals surface area (Å²) in [5.41, 5.74) is 2.06. The van der Waals surface area contributed by atoms with Gasteiger partial charge in [-0.3, -0.25) is 0 Å². The first-order valence-electron chi connectivity index (χ1n) is 20.1. The van der Waals surface area contributed by atoms with Gasteiger partial charge in [0.05, 0.1) is 35.5 Å². The Bertz CT molecular complexity index is 1420. The molecule has 0 amide bonds. The van der Waals surface area contributed by atoms with Crippen molar-refractivity contribution in [1.29, 1.82) is 0 Å². The largest absolute Gasteiger partial charge is 0.478 e. The first-order valence-corrected chi connectivity index (χ1v) is 20.1. The maximum absolute atomic E-state index is 14.1. The Morgan fingerprint density at radius 3 is 1.63 bits per heavy atom. The van der Waals surface area contributed by atoms with Crippen LogP contribution in [0.25, 0.3) is 11.1 Å². The predicted octanol–water partition coefficient (Wildman–Crippen LogP) is 11.7. The standard InChI is InChI=1S/C44H66O8/c1-7-9-11-13-19-27-51-43(49)38-29-33(25-26-36(38)41(45)46)37-30-34(23-17-15-21-31(3)4)39(42(47)48)40(35(37)24-18-16-22-32(5)6)44(50)52-28-20-14-12-10-8-2/h25-26,29-32H,7-24,27-28H2,1-6H3,(H,45,46)(H,47,48). The second kappa shape index (κ2) is 24.5. The van der Waals surface area contributed by atoms with Crippen molar-refractivity contribution in [3.05, 3.63) is 57.6 Å². The molecule has 0 atom stereocenters. The van der Waals surface area contributed by atoms with Crippen molar-refractivity contribution >= 4 is 23.9 Å². The number of ether oxygens (including phenoxy) is 2. The Morgan fingerprint density at radius 1 is 0.577 bits per heavy atom. The number of benzene rings is 2. The predicted molar refractivity (Wildman–Crippen MR) is 209 cm³/mol. The minimum Gasteiger partial charge on any atom is -0.478 e. The third kappa shape index (κ3) is 15.1. The van der Waals surface area contributed by atoms with E-state index in [1.54, 1.807) is 6.07 Å². The summed E-state index contributed by atoms with van der Waals surface area (Å²) in [5.74, 6) is -2.79. The lowest BCUT2D eigenvalue weighted by Gasteiger charge is -2.21. The van der Waals surface area contributed by atoms with Gasteiger partial charge in [0.1, 0.15) is 0 Å². The highest BCUT2D eigenvalue weighted by atomic mass is 16.5. The normalized spacial score (nSPS) is 11.3. The van der Waals surface area contributed by atoms with Crippen molar-refractivity contribution in [2.45, 2.75) is 157 Å². The summed E-state index contributed by atoms with van der Waals surface area (Å²) in [6, 6.07) is 6.42. The molecule has 0 radical (unpaired) electrons. The molecule has 8 nitrogen and oxygen atoms in total. The number of carboxylic acids is 2. The lowest BCUT2D eigenvalue weighted by molar-refractivity contribution is 0.0480. The number of aromatic carboxylic acids is 2. The molecule has 2 aromatic rings. The van der Waals surface area contributed by atoms with Crippen molar-refractivity contribution in [3.8, 4) is 11.1 Å². The number of hydrogen-bond acceptors (Lipinski definition) is 6. The quantitative estimate of drug-likeness (QED) is 0.0689. The molecule has 0 fully saturated rings. The maximum Gasteiger partial charge on any atom is 0.339 e. The number of unbranched alkanes of at least 4 members (excludes halogenated alkanes) is 10. The molecular weight excluding hydrogens is 656 g/mol. The SMILES string of the molecule is CCCCCCCOC(=O)c1cc(-c2cc(CCCCC(C)C)c(C(=O)O)c(C(=O)OCCCCCCC)c2CCCCC(C)C)ccc1C(=O)O. The van der Waals surface area contributed by atoms with E-state index < -0.39 is 23.9 Å². The first kappa shape index (κ1) is 44.5. The number of hydrogen-bond donors (Lipinski definition) is 2. The minimum absolute atomic E-state index is 0.0204. The lowest BCUT2D eigenvalue weighted by atomic mass is 9.83. The van der Waals surface area contributed by atoms with Crippen LogP contribution in [-0.2, 0) is 22.3 Å². The van der Waals surface area contributed by atoms with Gasteiger partial charge in [-0.1, -0.05) is 125 Å². The van der Waals surface area contributed by atoms with Crippen LogP contribution in [0.3, 0.4) is 0 Å². The summed E-state index contributed by atoms with van der Waals surface area (Å²) in [7, 11) is 0. The molecule has 2 rings (SSSR count). The Morgan fingerprint density at radius 2 is 1.12 bits per heavy atom. The number of carbonyl (C=O) groups is 4. The monoisotopic (exact) mass is 722 g/mol. The number of esters is 2. The topological polar surface area (TPSA) is 127 Å². The van der Waals surface area contributed by atoms with Crippen LogP contribution in [-0.4, -0.2) is 47.3 Å². The fourth-order valence-corrected chi connectivity index (χ4v) is 6.64. The molecule has 0 bridgehead atoms. The molecule has 2 aromatic carbocycles. The van der Waals surface area contributed by atoms with Crippen molar-refractivity contribution in [2.75, 3.05) is 13.2 Å². The fraction of sp³-hybridized carbons (Fsp3) is 0.636. The summed E-state index contributed by atoms with van der Waals surface area (Å²) < 4.78 is 11.4. The van der Waals surface area contributed by atoms with Gasteiger partial charge < -0.3 is 19.7 Å². The average Bonchev–Trinajstić information content (AvgIpc) is 3.10. The van der Waals surface area contributed by atoms with Crippen LogP contribution in [0, 0.1) is 11.8 Å². The van der Waals surface area contributed by atoms with Gasteiger partial charge in [0.25, 0.3) is 0 Å². The van der Waals surface area contributed by atoms with Gasteiger partial charge in [-0.05, 0) is 90.8 Å². The van der Waals surface area contributed by atoms with Crippen molar-refractivity contribution in [1.82, 2.24) is 0 Å². The molecule has 52 heavy (non-hydrogen) atoms. The van der Waals surface area contributed by atoms with Crippen LogP contribution >= 0.6 is 0 Å². The number of carbonyl (C=O) groups excluding carboxylic acids is 2. The Hall–Kier alpha value is -3.68. The molecule has 8 heteroatoms. The van der Waals surface area contributed by atoms with E-state index in [1.165, 1.54) is 12.1 Å². The molecule has 0 heterocycles. The molecule has 0 aliphatic heterocycles. The van der Waals surface area contributed by atoms with Gasteiger partial charge in [0.15, 0.2) is 0 Å². The molecule has 0 aromatic heterocycles. The zero-order valence-electron chi connectivity index (χ0n) is 33.0. The van der Waals surface area contributed by atoms with Crippen LogP contribution in [0.2, 0.25) is 0 Å². The number of carboxylic acid groups (broad SMARTS) is 2. The van der Waals surface area contributed by atoms with Gasteiger partial charge in [-0.15, -0.1) is 0 Å². The van der Waals surface area contributed by atoms with Gasteiger partial charge in [0, 0.05) is 0 Å². The van der Waals surface area contributed by atoms with E-state index in [2.05, 4.69) is 41.5 Å². The van der Waals surface area contributed by atoms with E-state index in [9.17, 15) is 29.4 Å². The average molecular weight is 723 g/mol. The highest BCUT2D eigenvalue weighted by Crippen LogP contribution is 2.36. The molecule has 0 spiro atoms. The Labute approximate surface area is 313 Å². The van der Waals surface area contributed by atoms with Crippen LogP contribution in [0.4, 0.5) is 0 Å². The van der Waals surface area contributed by atoms with Gasteiger partial charge in [0.2, 0.25) is 0 Å². The fourth-order valence-electron chi connectivity index (χ4n) is 6.64. The first-order chi connectivity index (χ1) is 24.9. The summed E-state index contributed by atoms with van der Waals surface area (Å²) >= 11 is 0. The second-order valence-electron chi connectivity index (χ2n) is 15.1. The van der Waals surface area contributed by atoms with E-state index in [-0.39, 0.29) is 35.5 Å². The molecule has 0 unspecified atom stereocenters. The molecule has 290 valence electrons. The summed E-state index contributed by atoms with van der Waals surface area (Å²) in [5, 5.41) is 20.7. The number of rotatable bonds is 27. The molecule has 0 aliphatic rings. The number of aryl methyl sites for hydroxylation is 1. The van der Waals surface area contributed by atoms with Crippen molar-refractivity contribution in [2.24, 2.45) is 11.8 Å². The molecular formula is C44H66O8.